The van der Waals surface area contributed by atoms with Crippen molar-refractivity contribution in [1.82, 2.24) is 10.2 Å². The summed E-state index contributed by atoms with van der Waals surface area (Å²) in [4.78, 5) is 26.0. The van der Waals surface area contributed by atoms with Crippen LogP contribution in [-0.4, -0.2) is 41.9 Å². The summed E-state index contributed by atoms with van der Waals surface area (Å²) in [6, 6.07) is -0.105. The minimum Gasteiger partial charge on any atom is -0.354 e. The lowest BCUT2D eigenvalue weighted by molar-refractivity contribution is -0.137. The fourth-order valence-corrected chi connectivity index (χ4v) is 2.87. The maximum atomic E-state index is 12.4. The number of carbonyl (C=O) groups is 2. The maximum absolute atomic E-state index is 12.4. The van der Waals surface area contributed by atoms with E-state index in [2.05, 4.69) is 5.32 Å². The summed E-state index contributed by atoms with van der Waals surface area (Å²) < 4.78 is 0. The van der Waals surface area contributed by atoms with Gasteiger partial charge in [0, 0.05) is 25.6 Å². The van der Waals surface area contributed by atoms with E-state index in [0.717, 1.165) is 19.4 Å². The topological polar surface area (TPSA) is 75.4 Å². The van der Waals surface area contributed by atoms with Gasteiger partial charge < -0.3 is 16.0 Å². The van der Waals surface area contributed by atoms with Crippen LogP contribution in [0, 0.1) is 11.3 Å². The van der Waals surface area contributed by atoms with Crippen molar-refractivity contribution in [2.75, 3.05) is 13.1 Å². The highest BCUT2D eigenvalue weighted by atomic mass is 16.2. The normalized spacial score (nSPS) is 28.8. The number of nitrogens with two attached hydrogens (primary N) is 1. The first-order chi connectivity index (χ1) is 8.80. The molecule has 0 bridgehead atoms. The van der Waals surface area contributed by atoms with E-state index >= 15 is 0 Å². The number of amides is 2. The second kappa shape index (κ2) is 5.12. The van der Waals surface area contributed by atoms with Crippen LogP contribution in [0.5, 0.6) is 0 Å². The summed E-state index contributed by atoms with van der Waals surface area (Å²) in [5.41, 5.74) is 6.02. The molecule has 2 rings (SSSR count). The number of hydrogen-bond acceptors (Lipinski definition) is 3. The van der Waals surface area contributed by atoms with Gasteiger partial charge in [0.15, 0.2) is 0 Å². The fraction of sp³-hybridized carbons (Fsp3) is 0.857. The quantitative estimate of drug-likeness (QED) is 0.764. The predicted molar refractivity (Wildman–Crippen MR) is 73.3 cm³/mol. The molecule has 2 heterocycles. The Kier molecular flexibility index (Phi) is 3.85. The Hall–Kier alpha value is -1.10. The smallest absolute Gasteiger partial charge is 0.225 e. The zero-order chi connectivity index (χ0) is 14.2. The highest BCUT2D eigenvalue weighted by Crippen LogP contribution is 2.29. The van der Waals surface area contributed by atoms with Gasteiger partial charge in [-0.1, -0.05) is 20.8 Å². The molecule has 0 saturated carbocycles. The van der Waals surface area contributed by atoms with Crippen LogP contribution in [0.2, 0.25) is 0 Å². The highest BCUT2D eigenvalue weighted by Gasteiger charge is 2.42. The number of nitrogens with zero attached hydrogens (tertiary/aromatic N) is 1. The average Bonchev–Trinajstić information content (AvgIpc) is 2.70. The summed E-state index contributed by atoms with van der Waals surface area (Å²) in [5.74, 6) is 0.180. The van der Waals surface area contributed by atoms with Crippen molar-refractivity contribution in [2.45, 2.75) is 52.1 Å². The van der Waals surface area contributed by atoms with Gasteiger partial charge in [-0.05, 0) is 18.3 Å². The summed E-state index contributed by atoms with van der Waals surface area (Å²) in [6.07, 6.45) is 2.16. The number of likely N-dealkylation sites (tertiary alicyclic amines) is 1. The molecule has 2 saturated heterocycles. The molecule has 0 aliphatic carbocycles. The third-order valence-electron chi connectivity index (χ3n) is 4.43. The summed E-state index contributed by atoms with van der Waals surface area (Å²) in [6.45, 7) is 7.49. The van der Waals surface area contributed by atoms with E-state index in [9.17, 15) is 9.59 Å². The predicted octanol–water partition coefficient (Wildman–Crippen LogP) is 0.487. The van der Waals surface area contributed by atoms with E-state index in [0.29, 0.717) is 13.0 Å². The van der Waals surface area contributed by atoms with Crippen LogP contribution in [-0.2, 0) is 9.59 Å². The fourth-order valence-electron chi connectivity index (χ4n) is 2.87. The summed E-state index contributed by atoms with van der Waals surface area (Å²) in [7, 11) is 0. The molecule has 5 nitrogen and oxygen atoms in total. The van der Waals surface area contributed by atoms with E-state index in [-0.39, 0.29) is 35.2 Å². The molecule has 0 radical (unpaired) electrons. The highest BCUT2D eigenvalue weighted by molar-refractivity contribution is 5.84. The Balaban J connectivity index is 2.01. The van der Waals surface area contributed by atoms with Gasteiger partial charge in [0.25, 0.3) is 0 Å². The van der Waals surface area contributed by atoms with Crippen LogP contribution >= 0.6 is 0 Å². The van der Waals surface area contributed by atoms with E-state index in [1.165, 1.54) is 0 Å². The van der Waals surface area contributed by atoms with E-state index in [4.69, 9.17) is 5.73 Å². The van der Waals surface area contributed by atoms with Crippen molar-refractivity contribution in [3.63, 3.8) is 0 Å². The zero-order valence-electron chi connectivity index (χ0n) is 12.1. The lowest BCUT2D eigenvalue weighted by Gasteiger charge is -2.37. The molecule has 2 aliphatic rings. The molecular weight excluding hydrogens is 242 g/mol. The molecule has 0 spiro atoms. The van der Waals surface area contributed by atoms with E-state index in [1.807, 2.05) is 25.7 Å². The van der Waals surface area contributed by atoms with Crippen LogP contribution < -0.4 is 11.1 Å². The largest absolute Gasteiger partial charge is 0.354 e. The molecule has 2 aliphatic heterocycles. The lowest BCUT2D eigenvalue weighted by atomic mass is 9.84. The molecule has 19 heavy (non-hydrogen) atoms. The Morgan fingerprint density at radius 2 is 2.21 bits per heavy atom. The van der Waals surface area contributed by atoms with Gasteiger partial charge in [-0.2, -0.15) is 0 Å². The minimum absolute atomic E-state index is 0.0106. The number of hydrogen-bond donors (Lipinski definition) is 2. The SMILES string of the molecule is CC(C)(C)C(N)CC(=O)N1CCCC2C(=O)NCC21. The molecule has 0 aromatic carbocycles. The second-order valence-corrected chi connectivity index (χ2v) is 6.82. The van der Waals surface area contributed by atoms with Gasteiger partial charge in [0.05, 0.1) is 12.0 Å². The van der Waals surface area contributed by atoms with Crippen LogP contribution in [0.1, 0.15) is 40.0 Å². The summed E-state index contributed by atoms with van der Waals surface area (Å²) in [5, 5.41) is 2.87. The van der Waals surface area contributed by atoms with Crippen molar-refractivity contribution >= 4 is 11.8 Å². The van der Waals surface area contributed by atoms with Gasteiger partial charge in [0.1, 0.15) is 0 Å². The third kappa shape index (κ3) is 2.91. The molecule has 3 unspecified atom stereocenters. The van der Waals surface area contributed by atoms with Gasteiger partial charge in [-0.3, -0.25) is 9.59 Å². The standard InChI is InChI=1S/C14H25N3O2/c1-14(2,3)11(15)7-12(18)17-6-4-5-9-10(17)8-16-13(9)19/h9-11H,4-8,15H2,1-3H3,(H,16,19). The molecule has 3 atom stereocenters. The first kappa shape index (κ1) is 14.3. The Morgan fingerprint density at radius 1 is 1.53 bits per heavy atom. The van der Waals surface area contributed by atoms with Crippen molar-refractivity contribution in [3.8, 4) is 0 Å². The average molecular weight is 267 g/mol. The van der Waals surface area contributed by atoms with Gasteiger partial charge in [-0.15, -0.1) is 0 Å². The Bertz CT molecular complexity index is 375. The number of nitrogens with one attached hydrogen (secondary N) is 1. The molecule has 2 amide bonds. The monoisotopic (exact) mass is 267 g/mol. The number of fused-ring (bicyclic) bond motifs is 1. The third-order valence-corrected chi connectivity index (χ3v) is 4.43. The molecule has 0 aromatic rings. The van der Waals surface area contributed by atoms with E-state index in [1.54, 1.807) is 0 Å². The lowest BCUT2D eigenvalue weighted by Crippen LogP contribution is -2.51. The second-order valence-electron chi connectivity index (χ2n) is 6.82. The Labute approximate surface area is 114 Å². The van der Waals surface area contributed by atoms with Crippen LogP contribution in [0.3, 0.4) is 0 Å². The zero-order valence-corrected chi connectivity index (χ0v) is 12.1. The van der Waals surface area contributed by atoms with Crippen molar-refractivity contribution in [2.24, 2.45) is 17.1 Å². The van der Waals surface area contributed by atoms with Gasteiger partial charge in [-0.25, -0.2) is 0 Å². The molecule has 108 valence electrons. The van der Waals surface area contributed by atoms with Crippen LogP contribution in [0.4, 0.5) is 0 Å². The van der Waals surface area contributed by atoms with Crippen LogP contribution in [0.25, 0.3) is 0 Å². The van der Waals surface area contributed by atoms with E-state index < -0.39 is 0 Å². The Morgan fingerprint density at radius 3 is 2.84 bits per heavy atom. The minimum atomic E-state index is -0.148. The molecule has 3 N–H and O–H groups in total. The molecular formula is C14H25N3O2. The van der Waals surface area contributed by atoms with Gasteiger partial charge >= 0.3 is 0 Å². The maximum Gasteiger partial charge on any atom is 0.225 e. The van der Waals surface area contributed by atoms with Crippen molar-refractivity contribution in [1.29, 1.82) is 0 Å². The van der Waals surface area contributed by atoms with Crippen LogP contribution in [0.15, 0.2) is 0 Å². The van der Waals surface area contributed by atoms with Gasteiger partial charge in [0.2, 0.25) is 11.8 Å². The molecule has 0 aromatic heterocycles. The number of carbonyl (C=O) groups excluding carboxylic acids is 2. The van der Waals surface area contributed by atoms with Crippen molar-refractivity contribution < 1.29 is 9.59 Å². The molecule has 5 heteroatoms. The first-order valence-electron chi connectivity index (χ1n) is 7.13. The first-order valence-corrected chi connectivity index (χ1v) is 7.13. The summed E-state index contributed by atoms with van der Waals surface area (Å²) >= 11 is 0. The number of rotatable bonds is 2. The van der Waals surface area contributed by atoms with Crippen molar-refractivity contribution in [3.05, 3.63) is 0 Å². The molecule has 2 fully saturated rings. The number of piperidine rings is 1.